The lowest BCUT2D eigenvalue weighted by atomic mass is 9.96. The fourth-order valence-corrected chi connectivity index (χ4v) is 2.82. The monoisotopic (exact) mass is 342 g/mol. The van der Waals surface area contributed by atoms with Crippen molar-refractivity contribution >= 4 is 17.7 Å². The SMILES string of the molecule is COC(=O)c1ccccc1NC(=O)NCC1(c2ccc(F)cc2)CC1. The van der Waals surface area contributed by atoms with Gasteiger partial charge in [-0.05, 0) is 42.7 Å². The van der Waals surface area contributed by atoms with Crippen molar-refractivity contribution in [2.24, 2.45) is 0 Å². The maximum atomic E-state index is 13.1. The van der Waals surface area contributed by atoms with Gasteiger partial charge < -0.3 is 15.4 Å². The third-order valence-electron chi connectivity index (χ3n) is 4.48. The van der Waals surface area contributed by atoms with E-state index in [4.69, 9.17) is 4.74 Å². The number of anilines is 1. The molecular formula is C19H19FN2O3. The zero-order chi connectivity index (χ0) is 17.9. The molecule has 2 aromatic rings. The van der Waals surface area contributed by atoms with Crippen LogP contribution >= 0.6 is 0 Å². The molecule has 1 aliphatic rings. The Morgan fingerprint density at radius 1 is 1.12 bits per heavy atom. The number of amides is 2. The van der Waals surface area contributed by atoms with Gasteiger partial charge in [0.05, 0.1) is 18.4 Å². The summed E-state index contributed by atoms with van der Waals surface area (Å²) in [6, 6.07) is 12.6. The van der Waals surface area contributed by atoms with Gasteiger partial charge in [0.1, 0.15) is 5.82 Å². The van der Waals surface area contributed by atoms with Crippen LogP contribution in [0.4, 0.5) is 14.9 Å². The summed E-state index contributed by atoms with van der Waals surface area (Å²) < 4.78 is 17.8. The van der Waals surface area contributed by atoms with Gasteiger partial charge in [0.2, 0.25) is 0 Å². The number of benzene rings is 2. The van der Waals surface area contributed by atoms with Crippen LogP contribution in [-0.4, -0.2) is 25.7 Å². The van der Waals surface area contributed by atoms with E-state index in [1.54, 1.807) is 36.4 Å². The first-order valence-corrected chi connectivity index (χ1v) is 8.02. The molecule has 0 unspecified atom stereocenters. The number of urea groups is 1. The number of halogens is 1. The molecule has 0 bridgehead atoms. The first kappa shape index (κ1) is 17.0. The van der Waals surface area contributed by atoms with Gasteiger partial charge >= 0.3 is 12.0 Å². The van der Waals surface area contributed by atoms with Gasteiger partial charge in [-0.15, -0.1) is 0 Å². The van der Waals surface area contributed by atoms with Crippen LogP contribution in [0.5, 0.6) is 0 Å². The molecule has 5 nitrogen and oxygen atoms in total. The van der Waals surface area contributed by atoms with Crippen molar-refractivity contribution in [3.8, 4) is 0 Å². The van der Waals surface area contributed by atoms with E-state index in [0.717, 1.165) is 18.4 Å². The van der Waals surface area contributed by atoms with Crippen molar-refractivity contribution in [2.75, 3.05) is 19.0 Å². The van der Waals surface area contributed by atoms with E-state index in [2.05, 4.69) is 10.6 Å². The summed E-state index contributed by atoms with van der Waals surface area (Å²) in [5.41, 5.74) is 1.56. The Balaban J connectivity index is 1.62. The summed E-state index contributed by atoms with van der Waals surface area (Å²) in [6.45, 7) is 0.449. The van der Waals surface area contributed by atoms with Gasteiger partial charge in [-0.25, -0.2) is 14.0 Å². The van der Waals surface area contributed by atoms with E-state index in [0.29, 0.717) is 17.8 Å². The average molecular weight is 342 g/mol. The zero-order valence-electron chi connectivity index (χ0n) is 13.8. The van der Waals surface area contributed by atoms with Crippen molar-refractivity contribution in [2.45, 2.75) is 18.3 Å². The molecule has 1 saturated carbocycles. The highest BCUT2D eigenvalue weighted by Gasteiger charge is 2.44. The Morgan fingerprint density at radius 3 is 2.44 bits per heavy atom. The summed E-state index contributed by atoms with van der Waals surface area (Å²) >= 11 is 0. The van der Waals surface area contributed by atoms with Crippen LogP contribution < -0.4 is 10.6 Å². The molecule has 0 atom stereocenters. The van der Waals surface area contributed by atoms with Crippen molar-refractivity contribution in [1.82, 2.24) is 5.32 Å². The average Bonchev–Trinajstić information content (AvgIpc) is 3.41. The van der Waals surface area contributed by atoms with Crippen molar-refractivity contribution in [3.63, 3.8) is 0 Å². The maximum Gasteiger partial charge on any atom is 0.339 e. The summed E-state index contributed by atoms with van der Waals surface area (Å²) in [7, 11) is 1.29. The molecule has 2 amide bonds. The first-order valence-electron chi connectivity index (χ1n) is 8.02. The highest BCUT2D eigenvalue weighted by Crippen LogP contribution is 2.47. The number of ether oxygens (including phenoxy) is 1. The highest BCUT2D eigenvalue weighted by atomic mass is 19.1. The zero-order valence-corrected chi connectivity index (χ0v) is 13.8. The number of para-hydroxylation sites is 1. The van der Waals surface area contributed by atoms with E-state index in [1.165, 1.54) is 19.2 Å². The number of carbonyl (C=O) groups is 2. The molecule has 130 valence electrons. The lowest BCUT2D eigenvalue weighted by Gasteiger charge is -2.17. The smallest absolute Gasteiger partial charge is 0.339 e. The minimum atomic E-state index is -0.513. The molecule has 2 N–H and O–H groups in total. The van der Waals surface area contributed by atoms with Crippen molar-refractivity contribution < 1.29 is 18.7 Å². The Kier molecular flexibility index (Phi) is 4.70. The molecule has 2 aromatic carbocycles. The van der Waals surface area contributed by atoms with Crippen LogP contribution in [0.25, 0.3) is 0 Å². The topological polar surface area (TPSA) is 67.4 Å². The standard InChI is InChI=1S/C19H19FN2O3/c1-25-17(23)15-4-2-3-5-16(15)22-18(24)21-12-19(10-11-19)13-6-8-14(20)9-7-13/h2-9H,10-12H2,1H3,(H2,21,22,24). The van der Waals surface area contributed by atoms with Gasteiger partial charge in [-0.2, -0.15) is 0 Å². The summed E-state index contributed by atoms with van der Waals surface area (Å²) in [5, 5.41) is 5.51. The minimum absolute atomic E-state index is 0.132. The molecule has 1 fully saturated rings. The van der Waals surface area contributed by atoms with Crippen LogP contribution in [0, 0.1) is 5.82 Å². The fraction of sp³-hybridized carbons (Fsp3) is 0.263. The predicted molar refractivity (Wildman–Crippen MR) is 92.1 cm³/mol. The molecular weight excluding hydrogens is 323 g/mol. The van der Waals surface area contributed by atoms with Crippen LogP contribution in [-0.2, 0) is 10.2 Å². The highest BCUT2D eigenvalue weighted by molar-refractivity contribution is 6.00. The Hall–Kier alpha value is -2.89. The van der Waals surface area contributed by atoms with Crippen LogP contribution in [0.2, 0.25) is 0 Å². The van der Waals surface area contributed by atoms with E-state index in [9.17, 15) is 14.0 Å². The quantitative estimate of drug-likeness (QED) is 0.818. The molecule has 0 heterocycles. The number of hydrogen-bond donors (Lipinski definition) is 2. The molecule has 0 spiro atoms. The van der Waals surface area contributed by atoms with E-state index < -0.39 is 12.0 Å². The molecule has 3 rings (SSSR count). The van der Waals surface area contributed by atoms with Gasteiger partial charge in [0.25, 0.3) is 0 Å². The molecule has 0 radical (unpaired) electrons. The molecule has 0 saturated heterocycles. The van der Waals surface area contributed by atoms with E-state index in [-0.39, 0.29) is 11.2 Å². The minimum Gasteiger partial charge on any atom is -0.465 e. The summed E-state index contributed by atoms with van der Waals surface area (Å²) in [4.78, 5) is 23.9. The second-order valence-electron chi connectivity index (χ2n) is 6.13. The third-order valence-corrected chi connectivity index (χ3v) is 4.48. The molecule has 6 heteroatoms. The Bertz CT molecular complexity index is 786. The van der Waals surface area contributed by atoms with Crippen LogP contribution in [0.1, 0.15) is 28.8 Å². The number of rotatable bonds is 5. The van der Waals surface area contributed by atoms with Gasteiger partial charge in [0.15, 0.2) is 0 Å². The van der Waals surface area contributed by atoms with Gasteiger partial charge in [-0.1, -0.05) is 24.3 Å². The second-order valence-corrected chi connectivity index (χ2v) is 6.13. The third kappa shape index (κ3) is 3.79. The predicted octanol–water partition coefficient (Wildman–Crippen LogP) is 3.47. The van der Waals surface area contributed by atoms with E-state index >= 15 is 0 Å². The summed E-state index contributed by atoms with van der Waals surface area (Å²) in [5.74, 6) is -0.787. The normalized spacial score (nSPS) is 14.5. The van der Waals surface area contributed by atoms with Crippen LogP contribution in [0.3, 0.4) is 0 Å². The fourth-order valence-electron chi connectivity index (χ4n) is 2.82. The van der Waals surface area contributed by atoms with Gasteiger partial charge in [-0.3, -0.25) is 0 Å². The number of carbonyl (C=O) groups excluding carboxylic acids is 2. The van der Waals surface area contributed by atoms with Crippen molar-refractivity contribution in [3.05, 3.63) is 65.5 Å². The number of hydrogen-bond acceptors (Lipinski definition) is 3. The van der Waals surface area contributed by atoms with Crippen molar-refractivity contribution in [1.29, 1.82) is 0 Å². The molecule has 0 aliphatic heterocycles. The number of esters is 1. The summed E-state index contributed by atoms with van der Waals surface area (Å²) in [6.07, 6.45) is 1.88. The lowest BCUT2D eigenvalue weighted by molar-refractivity contribution is 0.0602. The molecule has 0 aromatic heterocycles. The lowest BCUT2D eigenvalue weighted by Crippen LogP contribution is -2.35. The first-order chi connectivity index (χ1) is 12.0. The van der Waals surface area contributed by atoms with E-state index in [1.807, 2.05) is 0 Å². The molecule has 1 aliphatic carbocycles. The molecule has 25 heavy (non-hydrogen) atoms. The number of nitrogens with one attached hydrogen (secondary N) is 2. The number of methoxy groups -OCH3 is 1. The van der Waals surface area contributed by atoms with Crippen LogP contribution in [0.15, 0.2) is 48.5 Å². The Morgan fingerprint density at radius 2 is 1.80 bits per heavy atom. The largest absolute Gasteiger partial charge is 0.465 e. The Labute approximate surface area is 145 Å². The second kappa shape index (κ2) is 6.93. The van der Waals surface area contributed by atoms with Gasteiger partial charge in [0, 0.05) is 12.0 Å². The maximum absolute atomic E-state index is 13.1.